The molecule has 1 saturated carbocycles. The Bertz CT molecular complexity index is 480. The number of tetrazole rings is 1. The third kappa shape index (κ3) is 3.08. The molecular weight excluding hydrogens is 252 g/mol. The Balaban J connectivity index is 1.50. The Labute approximate surface area is 108 Å². The van der Waals surface area contributed by atoms with Crippen molar-refractivity contribution in [2.75, 3.05) is 6.54 Å². The second-order valence-electron chi connectivity index (χ2n) is 4.18. The zero-order valence-electron chi connectivity index (χ0n) is 9.82. The maximum absolute atomic E-state index is 5.03. The highest BCUT2D eigenvalue weighted by molar-refractivity contribution is 7.98. The van der Waals surface area contributed by atoms with Gasteiger partial charge >= 0.3 is 0 Å². The zero-order valence-corrected chi connectivity index (χ0v) is 10.6. The van der Waals surface area contributed by atoms with Gasteiger partial charge in [-0.1, -0.05) is 16.9 Å². The Kier molecular flexibility index (Phi) is 3.56. The lowest BCUT2D eigenvalue weighted by atomic mass is 10.5. The standard InChI is InChI=1S/C10H14N6OS/c1-2-8(1)11-5-6-16-10(13-14-15-16)18-7-9-3-4-12-17-9/h3-4,8,11H,1-2,5-7H2. The molecule has 1 fully saturated rings. The van der Waals surface area contributed by atoms with Crippen LogP contribution in [-0.4, -0.2) is 38.0 Å². The summed E-state index contributed by atoms with van der Waals surface area (Å²) in [4.78, 5) is 0. The molecule has 1 aliphatic carbocycles. The van der Waals surface area contributed by atoms with Crippen LogP contribution < -0.4 is 5.32 Å². The second-order valence-corrected chi connectivity index (χ2v) is 5.12. The van der Waals surface area contributed by atoms with Crippen molar-refractivity contribution in [2.45, 2.75) is 36.3 Å². The molecule has 0 aromatic carbocycles. The molecule has 1 aliphatic rings. The molecule has 0 spiro atoms. The lowest BCUT2D eigenvalue weighted by molar-refractivity contribution is 0.395. The summed E-state index contributed by atoms with van der Waals surface area (Å²) in [5, 5.41) is 19.6. The van der Waals surface area contributed by atoms with Crippen molar-refractivity contribution < 1.29 is 4.52 Å². The second kappa shape index (κ2) is 5.49. The molecule has 96 valence electrons. The number of aromatic nitrogens is 5. The summed E-state index contributed by atoms with van der Waals surface area (Å²) in [5.41, 5.74) is 0. The highest BCUT2D eigenvalue weighted by atomic mass is 32.2. The first kappa shape index (κ1) is 11.7. The van der Waals surface area contributed by atoms with Crippen molar-refractivity contribution in [3.8, 4) is 0 Å². The number of rotatable bonds is 7. The largest absolute Gasteiger partial charge is 0.361 e. The highest BCUT2D eigenvalue weighted by Gasteiger charge is 2.20. The van der Waals surface area contributed by atoms with Gasteiger partial charge in [0.05, 0.1) is 18.5 Å². The van der Waals surface area contributed by atoms with Gasteiger partial charge in [0.25, 0.3) is 0 Å². The summed E-state index contributed by atoms with van der Waals surface area (Å²) in [5.74, 6) is 1.52. The van der Waals surface area contributed by atoms with Crippen LogP contribution in [0.15, 0.2) is 21.9 Å². The van der Waals surface area contributed by atoms with Crippen LogP contribution in [0.3, 0.4) is 0 Å². The minimum Gasteiger partial charge on any atom is -0.361 e. The fourth-order valence-corrected chi connectivity index (χ4v) is 2.35. The van der Waals surface area contributed by atoms with Gasteiger partial charge in [-0.3, -0.25) is 0 Å². The van der Waals surface area contributed by atoms with Crippen molar-refractivity contribution in [2.24, 2.45) is 0 Å². The predicted octanol–water partition coefficient (Wildman–Crippen LogP) is 0.705. The molecule has 0 saturated heterocycles. The third-order valence-electron chi connectivity index (χ3n) is 2.67. The van der Waals surface area contributed by atoms with E-state index >= 15 is 0 Å². The van der Waals surface area contributed by atoms with E-state index in [1.165, 1.54) is 12.8 Å². The topological polar surface area (TPSA) is 81.7 Å². The van der Waals surface area contributed by atoms with E-state index in [0.717, 1.165) is 24.0 Å². The smallest absolute Gasteiger partial charge is 0.209 e. The SMILES string of the molecule is c1cc(CSc2nnnn2CCNC2CC2)on1. The summed E-state index contributed by atoms with van der Waals surface area (Å²) in [6.45, 7) is 1.70. The zero-order chi connectivity index (χ0) is 12.2. The summed E-state index contributed by atoms with van der Waals surface area (Å²) in [7, 11) is 0. The maximum atomic E-state index is 5.03. The Hall–Kier alpha value is -1.41. The van der Waals surface area contributed by atoms with Crippen LogP contribution >= 0.6 is 11.8 Å². The van der Waals surface area contributed by atoms with E-state index in [9.17, 15) is 0 Å². The number of nitrogens with one attached hydrogen (secondary N) is 1. The van der Waals surface area contributed by atoms with Gasteiger partial charge in [-0.2, -0.15) is 0 Å². The number of hydrogen-bond donors (Lipinski definition) is 1. The molecule has 3 rings (SSSR count). The van der Waals surface area contributed by atoms with Gasteiger partial charge in [0, 0.05) is 18.7 Å². The van der Waals surface area contributed by atoms with E-state index < -0.39 is 0 Å². The van der Waals surface area contributed by atoms with E-state index in [-0.39, 0.29) is 0 Å². The quantitative estimate of drug-likeness (QED) is 0.739. The Morgan fingerprint density at radius 3 is 3.22 bits per heavy atom. The van der Waals surface area contributed by atoms with Crippen LogP contribution in [-0.2, 0) is 12.3 Å². The monoisotopic (exact) mass is 266 g/mol. The number of thioether (sulfide) groups is 1. The summed E-state index contributed by atoms with van der Waals surface area (Å²) in [6, 6.07) is 2.56. The van der Waals surface area contributed by atoms with E-state index in [1.54, 1.807) is 18.0 Å². The maximum Gasteiger partial charge on any atom is 0.209 e. The van der Waals surface area contributed by atoms with E-state index in [0.29, 0.717) is 11.8 Å². The molecule has 0 radical (unpaired) electrons. The van der Waals surface area contributed by atoms with Gasteiger partial charge in [0.1, 0.15) is 5.76 Å². The van der Waals surface area contributed by atoms with Gasteiger partial charge in [-0.25, -0.2) is 4.68 Å². The average molecular weight is 266 g/mol. The van der Waals surface area contributed by atoms with Gasteiger partial charge < -0.3 is 9.84 Å². The molecule has 0 atom stereocenters. The Morgan fingerprint density at radius 2 is 2.44 bits per heavy atom. The van der Waals surface area contributed by atoms with Crippen molar-refractivity contribution in [3.05, 3.63) is 18.0 Å². The molecule has 0 aliphatic heterocycles. The predicted molar refractivity (Wildman–Crippen MR) is 64.9 cm³/mol. The van der Waals surface area contributed by atoms with Gasteiger partial charge in [0.15, 0.2) is 0 Å². The molecule has 0 bridgehead atoms. The van der Waals surface area contributed by atoms with Crippen LogP contribution in [0.2, 0.25) is 0 Å². The summed E-state index contributed by atoms with van der Waals surface area (Å²) >= 11 is 1.55. The summed E-state index contributed by atoms with van der Waals surface area (Å²) < 4.78 is 6.85. The van der Waals surface area contributed by atoms with Crippen LogP contribution in [0, 0.1) is 0 Å². The van der Waals surface area contributed by atoms with E-state index in [4.69, 9.17) is 4.52 Å². The first-order valence-corrected chi connectivity index (χ1v) is 6.92. The molecule has 1 N–H and O–H groups in total. The molecule has 0 amide bonds. The van der Waals surface area contributed by atoms with Crippen LogP contribution in [0.1, 0.15) is 18.6 Å². The lowest BCUT2D eigenvalue weighted by Gasteiger charge is -2.04. The molecule has 0 unspecified atom stereocenters. The number of nitrogens with zero attached hydrogens (tertiary/aromatic N) is 5. The molecule has 7 nitrogen and oxygen atoms in total. The van der Waals surface area contributed by atoms with Crippen LogP contribution in [0.25, 0.3) is 0 Å². The first-order valence-electron chi connectivity index (χ1n) is 5.94. The Morgan fingerprint density at radius 1 is 1.50 bits per heavy atom. The molecule has 2 aromatic heterocycles. The lowest BCUT2D eigenvalue weighted by Crippen LogP contribution is -2.22. The van der Waals surface area contributed by atoms with Crippen LogP contribution in [0.5, 0.6) is 0 Å². The van der Waals surface area contributed by atoms with Gasteiger partial charge in [0.2, 0.25) is 5.16 Å². The van der Waals surface area contributed by atoms with Crippen molar-refractivity contribution in [1.29, 1.82) is 0 Å². The van der Waals surface area contributed by atoms with Crippen molar-refractivity contribution >= 4 is 11.8 Å². The fourth-order valence-electron chi connectivity index (χ4n) is 1.55. The summed E-state index contributed by atoms with van der Waals surface area (Å²) in [6.07, 6.45) is 4.23. The minimum absolute atomic E-state index is 0.691. The van der Waals surface area contributed by atoms with Gasteiger partial charge in [-0.15, -0.1) is 5.10 Å². The number of hydrogen-bond acceptors (Lipinski definition) is 7. The highest BCUT2D eigenvalue weighted by Crippen LogP contribution is 2.20. The third-order valence-corrected chi connectivity index (χ3v) is 3.65. The average Bonchev–Trinajstić information content (AvgIpc) is 2.90. The van der Waals surface area contributed by atoms with E-state index in [2.05, 4.69) is 26.0 Å². The first-order chi connectivity index (χ1) is 8.92. The minimum atomic E-state index is 0.691. The molecule has 2 heterocycles. The van der Waals surface area contributed by atoms with Crippen molar-refractivity contribution in [1.82, 2.24) is 30.7 Å². The molecular formula is C10H14N6OS. The molecule has 18 heavy (non-hydrogen) atoms. The van der Waals surface area contributed by atoms with Gasteiger partial charge in [-0.05, 0) is 23.3 Å². The molecule has 2 aromatic rings. The van der Waals surface area contributed by atoms with Crippen molar-refractivity contribution in [3.63, 3.8) is 0 Å². The normalized spacial score (nSPS) is 15.1. The van der Waals surface area contributed by atoms with Crippen LogP contribution in [0.4, 0.5) is 0 Å². The molecule has 8 heteroatoms. The van der Waals surface area contributed by atoms with E-state index in [1.807, 2.05) is 10.7 Å². The fraction of sp³-hybridized carbons (Fsp3) is 0.600.